The molecule has 0 saturated heterocycles. The van der Waals surface area contributed by atoms with E-state index in [-0.39, 0.29) is 5.38 Å². The van der Waals surface area contributed by atoms with Crippen LogP contribution in [0.4, 0.5) is 0 Å². The van der Waals surface area contributed by atoms with Crippen LogP contribution in [0, 0.1) is 34.6 Å². The Morgan fingerprint density at radius 1 is 0.800 bits per heavy atom. The fourth-order valence-electron chi connectivity index (χ4n) is 2.20. The molecule has 1 aromatic carbocycles. The number of benzene rings is 1. The molecule has 0 aliphatic rings. The highest BCUT2D eigenvalue weighted by molar-refractivity contribution is 6.21. The summed E-state index contributed by atoms with van der Waals surface area (Å²) < 4.78 is 0. The summed E-state index contributed by atoms with van der Waals surface area (Å²) in [7, 11) is 0. The second-order valence-electron chi connectivity index (χ2n) is 4.41. The van der Waals surface area contributed by atoms with Crippen molar-refractivity contribution in [2.45, 2.75) is 53.3 Å². The Balaban J connectivity index is 3.52. The van der Waals surface area contributed by atoms with Crippen molar-refractivity contribution < 1.29 is 0 Å². The monoisotopic (exact) mass is 224 g/mol. The molecule has 15 heavy (non-hydrogen) atoms. The Labute approximate surface area is 98.7 Å². The van der Waals surface area contributed by atoms with Crippen molar-refractivity contribution in [3.8, 4) is 0 Å². The quantitative estimate of drug-likeness (QED) is 0.626. The maximum atomic E-state index is 6.40. The van der Waals surface area contributed by atoms with E-state index in [0.29, 0.717) is 0 Å². The summed E-state index contributed by atoms with van der Waals surface area (Å²) in [6, 6.07) is 0. The SMILES string of the molecule is CCC(Cl)c1c(C)c(C)c(C)c(C)c1C. The van der Waals surface area contributed by atoms with Gasteiger partial charge in [-0.2, -0.15) is 0 Å². The minimum atomic E-state index is 0.156. The normalized spacial score (nSPS) is 13.0. The van der Waals surface area contributed by atoms with Gasteiger partial charge in [0.15, 0.2) is 0 Å². The molecule has 0 heterocycles. The molecule has 1 aromatic rings. The topological polar surface area (TPSA) is 0 Å². The van der Waals surface area contributed by atoms with Crippen molar-refractivity contribution in [2.24, 2.45) is 0 Å². The lowest BCUT2D eigenvalue weighted by Crippen LogP contribution is -2.04. The zero-order chi connectivity index (χ0) is 11.7. The molecule has 0 aliphatic carbocycles. The van der Waals surface area contributed by atoms with Crippen LogP contribution in [-0.2, 0) is 0 Å². The van der Waals surface area contributed by atoms with Crippen LogP contribution in [0.5, 0.6) is 0 Å². The average Bonchev–Trinajstić information content (AvgIpc) is 2.23. The summed E-state index contributed by atoms with van der Waals surface area (Å²) in [5.41, 5.74) is 8.29. The second-order valence-corrected chi connectivity index (χ2v) is 4.94. The van der Waals surface area contributed by atoms with E-state index in [1.54, 1.807) is 0 Å². The van der Waals surface area contributed by atoms with Crippen molar-refractivity contribution in [1.82, 2.24) is 0 Å². The summed E-state index contributed by atoms with van der Waals surface area (Å²) in [6.07, 6.45) is 0.991. The predicted octanol–water partition coefficient (Wildman–Crippen LogP) is 4.92. The van der Waals surface area contributed by atoms with Gasteiger partial charge in [0.25, 0.3) is 0 Å². The molecular weight excluding hydrogens is 204 g/mol. The molecule has 1 unspecified atom stereocenters. The number of rotatable bonds is 2. The van der Waals surface area contributed by atoms with E-state index in [4.69, 9.17) is 11.6 Å². The number of hydrogen-bond acceptors (Lipinski definition) is 0. The molecule has 0 N–H and O–H groups in total. The van der Waals surface area contributed by atoms with Gasteiger partial charge in [-0.3, -0.25) is 0 Å². The van der Waals surface area contributed by atoms with Gasteiger partial charge >= 0.3 is 0 Å². The van der Waals surface area contributed by atoms with E-state index in [1.807, 2.05) is 0 Å². The Morgan fingerprint density at radius 3 is 1.47 bits per heavy atom. The molecule has 1 heteroatoms. The predicted molar refractivity (Wildman–Crippen MR) is 69.0 cm³/mol. The van der Waals surface area contributed by atoms with Gasteiger partial charge in [0.1, 0.15) is 0 Å². The highest BCUT2D eigenvalue weighted by Gasteiger charge is 2.16. The molecule has 0 nitrogen and oxygen atoms in total. The van der Waals surface area contributed by atoms with Crippen LogP contribution in [0.15, 0.2) is 0 Å². The third-order valence-electron chi connectivity index (χ3n) is 3.73. The van der Waals surface area contributed by atoms with Crippen LogP contribution >= 0.6 is 11.6 Å². The van der Waals surface area contributed by atoms with Gasteiger partial charge < -0.3 is 0 Å². The van der Waals surface area contributed by atoms with Gasteiger partial charge in [-0.25, -0.2) is 0 Å². The lowest BCUT2D eigenvalue weighted by Gasteiger charge is -2.21. The van der Waals surface area contributed by atoms with Gasteiger partial charge in [-0.1, -0.05) is 6.92 Å². The third-order valence-corrected chi connectivity index (χ3v) is 4.26. The van der Waals surface area contributed by atoms with Crippen LogP contribution in [0.1, 0.15) is 52.1 Å². The lowest BCUT2D eigenvalue weighted by atomic mass is 9.87. The molecule has 0 fully saturated rings. The summed E-state index contributed by atoms with van der Waals surface area (Å²) in [4.78, 5) is 0. The molecule has 0 spiro atoms. The Bertz CT molecular complexity index is 348. The molecule has 0 saturated carbocycles. The van der Waals surface area contributed by atoms with Crippen molar-refractivity contribution in [1.29, 1.82) is 0 Å². The largest absolute Gasteiger partial charge is 0.118 e. The van der Waals surface area contributed by atoms with Crippen LogP contribution in [0.25, 0.3) is 0 Å². The number of halogens is 1. The second kappa shape index (κ2) is 4.57. The highest BCUT2D eigenvalue weighted by atomic mass is 35.5. The van der Waals surface area contributed by atoms with Crippen LogP contribution < -0.4 is 0 Å². The molecular formula is C14H21Cl. The minimum Gasteiger partial charge on any atom is -0.118 e. The summed E-state index contributed by atoms with van der Waals surface area (Å²) >= 11 is 6.40. The summed E-state index contributed by atoms with van der Waals surface area (Å²) in [6.45, 7) is 13.1. The van der Waals surface area contributed by atoms with E-state index in [2.05, 4.69) is 41.5 Å². The third kappa shape index (κ3) is 2.06. The molecule has 0 amide bonds. The molecule has 1 atom stereocenters. The molecule has 0 aromatic heterocycles. The summed E-state index contributed by atoms with van der Waals surface area (Å²) in [5, 5.41) is 0.156. The first-order chi connectivity index (χ1) is 6.91. The van der Waals surface area contributed by atoms with Crippen LogP contribution in [-0.4, -0.2) is 0 Å². The molecule has 0 aliphatic heterocycles. The molecule has 0 bridgehead atoms. The van der Waals surface area contributed by atoms with Gasteiger partial charge in [-0.15, -0.1) is 11.6 Å². The van der Waals surface area contributed by atoms with Gasteiger partial charge in [0.05, 0.1) is 5.38 Å². The number of hydrogen-bond donors (Lipinski definition) is 0. The highest BCUT2D eigenvalue weighted by Crippen LogP contribution is 2.34. The van der Waals surface area contributed by atoms with Gasteiger partial charge in [-0.05, 0) is 74.4 Å². The lowest BCUT2D eigenvalue weighted by molar-refractivity contribution is 0.859. The molecule has 0 radical (unpaired) electrons. The fourth-order valence-corrected chi connectivity index (χ4v) is 2.53. The minimum absolute atomic E-state index is 0.156. The van der Waals surface area contributed by atoms with Crippen molar-refractivity contribution in [3.63, 3.8) is 0 Å². The molecule has 84 valence electrons. The van der Waals surface area contributed by atoms with Crippen LogP contribution in [0.3, 0.4) is 0 Å². The average molecular weight is 225 g/mol. The van der Waals surface area contributed by atoms with Crippen molar-refractivity contribution in [2.75, 3.05) is 0 Å². The Kier molecular flexibility index (Phi) is 3.83. The maximum absolute atomic E-state index is 6.40. The zero-order valence-corrected chi connectivity index (χ0v) is 11.4. The summed E-state index contributed by atoms with van der Waals surface area (Å²) in [5.74, 6) is 0. The first-order valence-electron chi connectivity index (χ1n) is 5.62. The van der Waals surface area contributed by atoms with Crippen molar-refractivity contribution in [3.05, 3.63) is 33.4 Å². The van der Waals surface area contributed by atoms with E-state index in [9.17, 15) is 0 Å². The number of alkyl halides is 1. The smallest absolute Gasteiger partial charge is 0.0588 e. The first kappa shape index (κ1) is 12.6. The van der Waals surface area contributed by atoms with E-state index >= 15 is 0 Å². The standard InChI is InChI=1S/C14H21Cl/c1-7-13(15)14-11(5)9(3)8(2)10(4)12(14)6/h13H,7H2,1-6H3. The van der Waals surface area contributed by atoms with E-state index in [0.717, 1.165) is 6.42 Å². The van der Waals surface area contributed by atoms with Crippen LogP contribution in [0.2, 0.25) is 0 Å². The van der Waals surface area contributed by atoms with E-state index < -0.39 is 0 Å². The van der Waals surface area contributed by atoms with Gasteiger partial charge in [0.2, 0.25) is 0 Å². The molecule has 1 rings (SSSR count). The zero-order valence-electron chi connectivity index (χ0n) is 10.7. The van der Waals surface area contributed by atoms with Gasteiger partial charge in [0, 0.05) is 0 Å². The Morgan fingerprint density at radius 2 is 1.13 bits per heavy atom. The van der Waals surface area contributed by atoms with E-state index in [1.165, 1.54) is 33.4 Å². The van der Waals surface area contributed by atoms with Crippen molar-refractivity contribution >= 4 is 11.6 Å². The first-order valence-corrected chi connectivity index (χ1v) is 6.06. The Hall–Kier alpha value is -0.490. The fraction of sp³-hybridized carbons (Fsp3) is 0.571. The maximum Gasteiger partial charge on any atom is 0.0588 e.